The van der Waals surface area contributed by atoms with Crippen molar-refractivity contribution in [3.63, 3.8) is 0 Å². The largest absolute Gasteiger partial charge is 0.508 e. The van der Waals surface area contributed by atoms with Gasteiger partial charge < -0.3 is 20.6 Å². The van der Waals surface area contributed by atoms with Crippen molar-refractivity contribution in [3.8, 4) is 5.75 Å². The summed E-state index contributed by atoms with van der Waals surface area (Å²) in [6.07, 6.45) is 0.254. The number of carbonyl (C=O) groups is 1. The Morgan fingerprint density at radius 2 is 2.00 bits per heavy atom. The molecule has 1 aromatic rings. The molecule has 0 aromatic heterocycles. The lowest BCUT2D eigenvalue weighted by Gasteiger charge is -2.32. The van der Waals surface area contributed by atoms with Crippen molar-refractivity contribution in [2.24, 2.45) is 0 Å². The maximum Gasteiger partial charge on any atom is 0.227 e. The third-order valence-electron chi connectivity index (χ3n) is 3.32. The predicted octanol–water partition coefficient (Wildman–Crippen LogP) is 0.291. The summed E-state index contributed by atoms with van der Waals surface area (Å²) in [6, 6.07) is 4.71. The van der Waals surface area contributed by atoms with E-state index >= 15 is 0 Å². The molecule has 98 valence electrons. The molecule has 1 heterocycles. The average Bonchev–Trinajstić information content (AvgIpc) is 2.34. The van der Waals surface area contributed by atoms with Crippen LogP contribution >= 0.6 is 0 Å². The van der Waals surface area contributed by atoms with Crippen LogP contribution in [0.3, 0.4) is 0 Å². The summed E-state index contributed by atoms with van der Waals surface area (Å²) in [7, 11) is 2.05. The third kappa shape index (κ3) is 2.92. The second-order valence-electron chi connectivity index (χ2n) is 4.74. The van der Waals surface area contributed by atoms with E-state index in [0.29, 0.717) is 11.3 Å². The van der Waals surface area contributed by atoms with Gasteiger partial charge in [-0.25, -0.2) is 0 Å². The summed E-state index contributed by atoms with van der Waals surface area (Å²) < 4.78 is 0. The lowest BCUT2D eigenvalue weighted by molar-refractivity contribution is -0.132. The Morgan fingerprint density at radius 3 is 2.67 bits per heavy atom. The van der Waals surface area contributed by atoms with Gasteiger partial charge in [0.2, 0.25) is 5.91 Å². The van der Waals surface area contributed by atoms with Crippen LogP contribution in [0.1, 0.15) is 5.56 Å². The Hall–Kier alpha value is -1.75. The number of aromatic hydroxyl groups is 1. The van der Waals surface area contributed by atoms with E-state index in [1.165, 1.54) is 6.07 Å². The van der Waals surface area contributed by atoms with Gasteiger partial charge >= 0.3 is 0 Å². The fraction of sp³-hybridized carbons (Fsp3) is 0.462. The first-order valence-corrected chi connectivity index (χ1v) is 6.10. The molecule has 0 saturated carbocycles. The Labute approximate surface area is 107 Å². The van der Waals surface area contributed by atoms with Gasteiger partial charge in [0.25, 0.3) is 0 Å². The minimum absolute atomic E-state index is 0.0698. The van der Waals surface area contributed by atoms with Crippen LogP contribution < -0.4 is 5.73 Å². The molecular weight excluding hydrogens is 230 g/mol. The van der Waals surface area contributed by atoms with Crippen molar-refractivity contribution < 1.29 is 9.90 Å². The van der Waals surface area contributed by atoms with Crippen LogP contribution in [0.5, 0.6) is 5.75 Å². The number of piperazine rings is 1. The number of hydrogen-bond donors (Lipinski definition) is 2. The molecule has 0 spiro atoms. The zero-order valence-electron chi connectivity index (χ0n) is 10.6. The summed E-state index contributed by atoms with van der Waals surface area (Å²) in [6.45, 7) is 3.32. The predicted molar refractivity (Wildman–Crippen MR) is 70.3 cm³/mol. The Morgan fingerprint density at radius 1 is 1.33 bits per heavy atom. The van der Waals surface area contributed by atoms with Crippen LogP contribution in [0.2, 0.25) is 0 Å². The van der Waals surface area contributed by atoms with Crippen LogP contribution in [0.25, 0.3) is 0 Å². The molecule has 0 atom stereocenters. The molecule has 1 aliphatic rings. The van der Waals surface area contributed by atoms with Crippen LogP contribution in [0.4, 0.5) is 5.69 Å². The van der Waals surface area contributed by atoms with Crippen LogP contribution in [0, 0.1) is 0 Å². The number of phenolic OH excluding ortho intramolecular Hbond substituents is 1. The van der Waals surface area contributed by atoms with Gasteiger partial charge in [-0.1, -0.05) is 0 Å². The van der Waals surface area contributed by atoms with Gasteiger partial charge in [0.15, 0.2) is 0 Å². The molecule has 1 aromatic carbocycles. The first-order valence-electron chi connectivity index (χ1n) is 6.10. The quantitative estimate of drug-likeness (QED) is 0.584. The highest BCUT2D eigenvalue weighted by Gasteiger charge is 2.19. The van der Waals surface area contributed by atoms with E-state index in [9.17, 15) is 9.90 Å². The molecule has 0 bridgehead atoms. The van der Waals surface area contributed by atoms with Crippen molar-refractivity contribution in [3.05, 3.63) is 23.8 Å². The maximum atomic E-state index is 12.1. The molecule has 1 saturated heterocycles. The Kier molecular flexibility index (Phi) is 3.72. The summed E-state index contributed by atoms with van der Waals surface area (Å²) in [5.41, 5.74) is 7.04. The highest BCUT2D eigenvalue weighted by Crippen LogP contribution is 2.19. The van der Waals surface area contributed by atoms with Gasteiger partial charge in [-0.3, -0.25) is 4.79 Å². The molecule has 18 heavy (non-hydrogen) atoms. The average molecular weight is 249 g/mol. The fourth-order valence-corrected chi connectivity index (χ4v) is 2.08. The van der Waals surface area contributed by atoms with Crippen molar-refractivity contribution in [1.82, 2.24) is 9.80 Å². The zero-order valence-corrected chi connectivity index (χ0v) is 10.6. The number of rotatable bonds is 2. The smallest absolute Gasteiger partial charge is 0.227 e. The molecule has 1 aliphatic heterocycles. The van der Waals surface area contributed by atoms with Gasteiger partial charge in [0.05, 0.1) is 6.42 Å². The SMILES string of the molecule is CN1CCN(C(=O)Cc2cc(O)ccc2N)CC1. The number of nitrogens with zero attached hydrogens (tertiary/aromatic N) is 2. The zero-order chi connectivity index (χ0) is 13.1. The monoisotopic (exact) mass is 249 g/mol. The summed E-state index contributed by atoms with van der Waals surface area (Å²) in [5, 5.41) is 9.41. The minimum atomic E-state index is 0.0698. The number of nitrogens with two attached hydrogens (primary N) is 1. The summed E-state index contributed by atoms with van der Waals surface area (Å²) >= 11 is 0. The van der Waals surface area contributed by atoms with Crippen molar-refractivity contribution in [2.75, 3.05) is 39.0 Å². The Bertz CT molecular complexity index is 440. The van der Waals surface area contributed by atoms with Crippen LogP contribution in [-0.4, -0.2) is 54.0 Å². The number of anilines is 1. The van der Waals surface area contributed by atoms with Crippen LogP contribution in [0.15, 0.2) is 18.2 Å². The number of hydrogen-bond acceptors (Lipinski definition) is 4. The molecule has 2 rings (SSSR count). The van der Waals surface area contributed by atoms with E-state index in [-0.39, 0.29) is 18.1 Å². The molecule has 5 nitrogen and oxygen atoms in total. The van der Waals surface area contributed by atoms with Crippen LogP contribution in [-0.2, 0) is 11.2 Å². The minimum Gasteiger partial charge on any atom is -0.508 e. The van der Waals surface area contributed by atoms with E-state index in [1.54, 1.807) is 12.1 Å². The molecule has 0 unspecified atom stereocenters. The van der Waals surface area contributed by atoms with Crippen molar-refractivity contribution in [1.29, 1.82) is 0 Å². The molecule has 0 radical (unpaired) electrons. The maximum absolute atomic E-state index is 12.1. The van der Waals surface area contributed by atoms with E-state index in [4.69, 9.17) is 5.73 Å². The van der Waals surface area contributed by atoms with E-state index in [2.05, 4.69) is 11.9 Å². The van der Waals surface area contributed by atoms with Gasteiger partial charge in [0.1, 0.15) is 5.75 Å². The lowest BCUT2D eigenvalue weighted by Crippen LogP contribution is -2.47. The first kappa shape index (κ1) is 12.7. The summed E-state index contributed by atoms with van der Waals surface area (Å²) in [4.78, 5) is 16.2. The first-order chi connectivity index (χ1) is 8.56. The van der Waals surface area contributed by atoms with Crippen molar-refractivity contribution >= 4 is 11.6 Å². The van der Waals surface area contributed by atoms with E-state index in [0.717, 1.165) is 26.2 Å². The second kappa shape index (κ2) is 5.27. The molecule has 3 N–H and O–H groups in total. The van der Waals surface area contributed by atoms with Crippen molar-refractivity contribution in [2.45, 2.75) is 6.42 Å². The number of amides is 1. The number of likely N-dealkylation sites (N-methyl/N-ethyl adjacent to an activating group) is 1. The molecule has 0 aliphatic carbocycles. The van der Waals surface area contributed by atoms with E-state index < -0.39 is 0 Å². The van der Waals surface area contributed by atoms with Gasteiger partial charge in [-0.2, -0.15) is 0 Å². The standard InChI is InChI=1S/C13H19N3O2/c1-15-4-6-16(7-5-15)13(18)9-10-8-11(17)2-3-12(10)14/h2-3,8,17H,4-7,9,14H2,1H3. The summed E-state index contributed by atoms with van der Waals surface area (Å²) in [5.74, 6) is 0.214. The molecule has 5 heteroatoms. The number of carbonyl (C=O) groups excluding carboxylic acids is 1. The topological polar surface area (TPSA) is 69.8 Å². The molecule has 1 fully saturated rings. The van der Waals surface area contributed by atoms with Gasteiger partial charge in [-0.15, -0.1) is 0 Å². The van der Waals surface area contributed by atoms with Gasteiger partial charge in [-0.05, 0) is 30.8 Å². The number of nitrogen functional groups attached to an aromatic ring is 1. The lowest BCUT2D eigenvalue weighted by atomic mass is 10.1. The normalized spacial score (nSPS) is 16.8. The third-order valence-corrected chi connectivity index (χ3v) is 3.32. The second-order valence-corrected chi connectivity index (χ2v) is 4.74. The van der Waals surface area contributed by atoms with Gasteiger partial charge in [0, 0.05) is 31.9 Å². The fourth-order valence-electron chi connectivity index (χ4n) is 2.08. The van der Waals surface area contributed by atoms with E-state index in [1.807, 2.05) is 4.90 Å². The Balaban J connectivity index is 2.00. The highest BCUT2D eigenvalue weighted by molar-refractivity contribution is 5.80. The molecular formula is C13H19N3O2. The number of benzene rings is 1. The highest BCUT2D eigenvalue weighted by atomic mass is 16.3. The molecule has 1 amide bonds. The number of phenols is 1.